The van der Waals surface area contributed by atoms with E-state index in [1.807, 2.05) is 18.2 Å². The molecular formula is C34H25Cl2N3O6. The lowest BCUT2D eigenvalue weighted by atomic mass is 9.75. The first-order valence-electron chi connectivity index (χ1n) is 14.2. The molecule has 9 nitrogen and oxygen atoms in total. The van der Waals surface area contributed by atoms with Crippen LogP contribution in [0, 0.1) is 0 Å². The number of hydrogen-bond acceptors (Lipinski definition) is 8. The number of rotatable bonds is 5. The molecule has 0 atom stereocenters. The van der Waals surface area contributed by atoms with Gasteiger partial charge in [0.25, 0.3) is 5.91 Å². The van der Waals surface area contributed by atoms with E-state index in [1.54, 1.807) is 30.3 Å². The normalized spacial score (nSPS) is 14.5. The summed E-state index contributed by atoms with van der Waals surface area (Å²) in [6.45, 7) is 5.71. The van der Waals surface area contributed by atoms with Gasteiger partial charge in [0.2, 0.25) is 0 Å². The monoisotopic (exact) mass is 641 g/mol. The molecular weight excluding hydrogens is 617 g/mol. The number of fused-ring (bicyclic) bond motifs is 7. The van der Waals surface area contributed by atoms with Gasteiger partial charge in [0, 0.05) is 64.6 Å². The summed E-state index contributed by atoms with van der Waals surface area (Å²) >= 11 is 12.9. The number of hydrogen-bond donors (Lipinski definition) is 2. The van der Waals surface area contributed by atoms with Crippen LogP contribution in [-0.4, -0.2) is 40.4 Å². The lowest BCUT2D eigenvalue weighted by Crippen LogP contribution is -2.44. The third kappa shape index (κ3) is 4.26. The van der Waals surface area contributed by atoms with E-state index in [0.717, 1.165) is 18.8 Å². The quantitative estimate of drug-likeness (QED) is 0.153. The SMILES string of the molecule is CCN(CC)c1ccc2cc(/C=N/N3C(=O)c4ccccc4C34c3cc(Cl)c(O)cc3Oc3cc(O)c(Cl)cc34)c(=O)oc2c1. The molecule has 0 fully saturated rings. The topological polar surface area (TPSA) is 116 Å². The Morgan fingerprint density at radius 2 is 1.51 bits per heavy atom. The number of benzene rings is 4. The fourth-order valence-electron chi connectivity index (χ4n) is 6.22. The molecule has 1 amide bonds. The van der Waals surface area contributed by atoms with Crippen LogP contribution in [0.15, 0.2) is 87.1 Å². The summed E-state index contributed by atoms with van der Waals surface area (Å²) in [5, 5.41) is 27.5. The molecule has 11 heteroatoms. The average Bonchev–Trinajstić information content (AvgIpc) is 3.27. The van der Waals surface area contributed by atoms with Crippen molar-refractivity contribution in [1.29, 1.82) is 0 Å². The van der Waals surface area contributed by atoms with Gasteiger partial charge >= 0.3 is 5.63 Å². The lowest BCUT2D eigenvalue weighted by molar-refractivity contribution is 0.0675. The standard InChI is InChI=1S/C34H25Cl2N3O6/c1-3-38(4-2)20-10-9-18-11-19(33(43)45-29(18)12-20)17-37-39-32(42)21-7-5-6-8-22(21)34(39)23-13-25(35)27(40)15-30(23)44-31-16-28(41)26(36)14-24(31)34/h5-17,40-41H,3-4H2,1-2H3/b37-17+. The van der Waals surface area contributed by atoms with E-state index >= 15 is 0 Å². The molecule has 0 saturated heterocycles. The fraction of sp³-hybridized carbons (Fsp3) is 0.147. The van der Waals surface area contributed by atoms with Crippen LogP contribution in [0.1, 0.15) is 46.5 Å². The lowest BCUT2D eigenvalue weighted by Gasteiger charge is -2.41. The van der Waals surface area contributed by atoms with E-state index < -0.39 is 17.1 Å². The molecule has 0 aliphatic carbocycles. The number of amides is 1. The Labute approximate surface area is 267 Å². The first-order valence-corrected chi connectivity index (χ1v) is 15.0. The minimum atomic E-state index is -1.50. The predicted molar refractivity (Wildman–Crippen MR) is 172 cm³/mol. The van der Waals surface area contributed by atoms with Crippen LogP contribution in [0.5, 0.6) is 23.0 Å². The van der Waals surface area contributed by atoms with Crippen molar-refractivity contribution in [2.45, 2.75) is 19.4 Å². The van der Waals surface area contributed by atoms with Gasteiger partial charge in [-0.2, -0.15) is 5.10 Å². The summed E-state index contributed by atoms with van der Waals surface area (Å²) in [5.41, 5.74) is 1.02. The molecule has 2 aliphatic rings. The third-order valence-corrected chi connectivity index (χ3v) is 8.95. The maximum atomic E-state index is 14.2. The van der Waals surface area contributed by atoms with E-state index in [0.29, 0.717) is 33.2 Å². The Kier molecular flexibility index (Phi) is 6.76. The second-order valence-corrected chi connectivity index (χ2v) is 11.5. The molecule has 7 rings (SSSR count). The molecule has 2 N–H and O–H groups in total. The summed E-state index contributed by atoms with van der Waals surface area (Å²) < 4.78 is 11.8. The Balaban J connectivity index is 1.45. The van der Waals surface area contributed by atoms with Gasteiger partial charge < -0.3 is 24.3 Å². The largest absolute Gasteiger partial charge is 0.506 e. The van der Waals surface area contributed by atoms with Gasteiger partial charge in [-0.3, -0.25) is 4.79 Å². The molecule has 0 radical (unpaired) electrons. The minimum absolute atomic E-state index is 0.0186. The summed E-state index contributed by atoms with van der Waals surface area (Å²) in [4.78, 5) is 29.5. The highest BCUT2D eigenvalue weighted by Gasteiger charge is 2.57. The number of phenols is 2. The van der Waals surface area contributed by atoms with Crippen molar-refractivity contribution >= 4 is 52.0 Å². The number of phenolic OH excluding ortho intramolecular Hbond substituents is 2. The van der Waals surface area contributed by atoms with Gasteiger partial charge in [-0.1, -0.05) is 41.4 Å². The van der Waals surface area contributed by atoms with Crippen LogP contribution < -0.4 is 15.3 Å². The zero-order valence-corrected chi connectivity index (χ0v) is 25.6. The Morgan fingerprint density at radius 3 is 2.16 bits per heavy atom. The molecule has 0 bridgehead atoms. The van der Waals surface area contributed by atoms with E-state index in [2.05, 4.69) is 23.8 Å². The molecule has 226 valence electrons. The van der Waals surface area contributed by atoms with E-state index in [9.17, 15) is 19.8 Å². The summed E-state index contributed by atoms with van der Waals surface area (Å²) in [6, 6.07) is 20.0. The third-order valence-electron chi connectivity index (χ3n) is 8.34. The number of aromatic hydroxyl groups is 2. The number of nitrogens with zero attached hydrogens (tertiary/aromatic N) is 3. The molecule has 1 spiro atoms. The molecule has 0 unspecified atom stereocenters. The molecule has 2 aliphatic heterocycles. The molecule has 3 heterocycles. The Bertz CT molecular complexity index is 2080. The van der Waals surface area contributed by atoms with Crippen LogP contribution >= 0.6 is 23.2 Å². The summed E-state index contributed by atoms with van der Waals surface area (Å²) in [5.74, 6) is -0.575. The van der Waals surface area contributed by atoms with Crippen LogP contribution in [0.4, 0.5) is 5.69 Å². The molecule has 45 heavy (non-hydrogen) atoms. The van der Waals surface area contributed by atoms with Crippen LogP contribution in [0.3, 0.4) is 0 Å². The Morgan fingerprint density at radius 1 is 0.867 bits per heavy atom. The second-order valence-electron chi connectivity index (χ2n) is 10.7. The highest BCUT2D eigenvalue weighted by molar-refractivity contribution is 6.32. The maximum Gasteiger partial charge on any atom is 0.345 e. The molecule has 0 saturated carbocycles. The van der Waals surface area contributed by atoms with Crippen molar-refractivity contribution < 1.29 is 24.2 Å². The number of halogens is 2. The van der Waals surface area contributed by atoms with Gasteiger partial charge in [0.05, 0.1) is 21.8 Å². The fourth-order valence-corrected chi connectivity index (χ4v) is 6.54. The van der Waals surface area contributed by atoms with Gasteiger partial charge in [-0.25, -0.2) is 9.80 Å². The van der Waals surface area contributed by atoms with Crippen molar-refractivity contribution in [3.05, 3.63) is 121 Å². The summed E-state index contributed by atoms with van der Waals surface area (Å²) in [7, 11) is 0. The van der Waals surface area contributed by atoms with Crippen LogP contribution in [-0.2, 0) is 5.54 Å². The molecule has 4 aromatic carbocycles. The van der Waals surface area contributed by atoms with E-state index in [-0.39, 0.29) is 38.6 Å². The predicted octanol–water partition coefficient (Wildman–Crippen LogP) is 7.24. The maximum absolute atomic E-state index is 14.2. The highest BCUT2D eigenvalue weighted by atomic mass is 35.5. The van der Waals surface area contributed by atoms with E-state index in [4.69, 9.17) is 32.4 Å². The van der Waals surface area contributed by atoms with Crippen molar-refractivity contribution in [2.24, 2.45) is 5.10 Å². The first kappa shape index (κ1) is 28.8. The van der Waals surface area contributed by atoms with Crippen LogP contribution in [0.25, 0.3) is 11.0 Å². The number of hydrazone groups is 1. The van der Waals surface area contributed by atoms with Crippen molar-refractivity contribution in [3.63, 3.8) is 0 Å². The zero-order chi connectivity index (χ0) is 31.6. The smallest absolute Gasteiger partial charge is 0.345 e. The van der Waals surface area contributed by atoms with Gasteiger partial charge in [-0.15, -0.1) is 0 Å². The van der Waals surface area contributed by atoms with Crippen molar-refractivity contribution in [1.82, 2.24) is 5.01 Å². The van der Waals surface area contributed by atoms with Gasteiger partial charge in [0.15, 0.2) is 0 Å². The van der Waals surface area contributed by atoms with Crippen LogP contribution in [0.2, 0.25) is 10.0 Å². The van der Waals surface area contributed by atoms with E-state index in [1.165, 1.54) is 35.5 Å². The molecule has 5 aromatic rings. The number of carbonyl (C=O) groups excluding carboxylic acids is 1. The highest BCUT2D eigenvalue weighted by Crippen LogP contribution is 2.59. The number of carbonyl (C=O) groups is 1. The zero-order valence-electron chi connectivity index (χ0n) is 24.0. The second kappa shape index (κ2) is 10.6. The number of anilines is 1. The van der Waals surface area contributed by atoms with Crippen molar-refractivity contribution in [3.8, 4) is 23.0 Å². The number of ether oxygens (including phenoxy) is 1. The summed E-state index contributed by atoms with van der Waals surface area (Å²) in [6.07, 6.45) is 1.29. The first-order chi connectivity index (χ1) is 21.7. The van der Waals surface area contributed by atoms with Crippen molar-refractivity contribution in [2.75, 3.05) is 18.0 Å². The average molecular weight is 642 g/mol. The molecule has 1 aromatic heterocycles. The minimum Gasteiger partial charge on any atom is -0.506 e. The van der Waals surface area contributed by atoms with Gasteiger partial charge in [-0.05, 0) is 50.2 Å². The Hall–Kier alpha value is -4.99. The van der Waals surface area contributed by atoms with Gasteiger partial charge in [0.1, 0.15) is 34.1 Å².